The molecule has 1 amide bonds. The van der Waals surface area contributed by atoms with Crippen LogP contribution in [0.2, 0.25) is 0 Å². The number of rotatable bonds is 6. The Hall–Kier alpha value is -1.55. The van der Waals surface area contributed by atoms with E-state index in [1.807, 2.05) is 52.8 Å². The minimum Gasteiger partial charge on any atom is -0.444 e. The van der Waals surface area contributed by atoms with Crippen LogP contribution in [0.1, 0.15) is 59.6 Å². The number of carbonyl (C=O) groups excluding carboxylic acids is 1. The predicted molar refractivity (Wildman–Crippen MR) is 90.9 cm³/mol. The zero-order chi connectivity index (χ0) is 16.8. The molecule has 2 N–H and O–H groups in total. The molecule has 1 atom stereocenters. The molecule has 0 heterocycles. The predicted octanol–water partition coefficient (Wildman–Crippen LogP) is 4.03. The molecule has 0 fully saturated rings. The van der Waals surface area contributed by atoms with E-state index in [4.69, 9.17) is 4.74 Å². The molecule has 22 heavy (non-hydrogen) atoms. The topological polar surface area (TPSA) is 50.4 Å². The summed E-state index contributed by atoms with van der Waals surface area (Å²) in [7, 11) is 0. The fourth-order valence-corrected chi connectivity index (χ4v) is 2.19. The van der Waals surface area contributed by atoms with Crippen molar-refractivity contribution >= 4 is 6.09 Å². The smallest absolute Gasteiger partial charge is 0.408 e. The van der Waals surface area contributed by atoms with Gasteiger partial charge in [-0.15, -0.1) is 0 Å². The second-order valence-corrected chi connectivity index (χ2v) is 7.26. The molecule has 4 nitrogen and oxygen atoms in total. The van der Waals surface area contributed by atoms with Crippen molar-refractivity contribution in [3.63, 3.8) is 0 Å². The van der Waals surface area contributed by atoms with Crippen LogP contribution < -0.4 is 10.6 Å². The normalized spacial score (nSPS) is 13.5. The van der Waals surface area contributed by atoms with Crippen LogP contribution in [-0.2, 0) is 4.74 Å². The third-order valence-corrected chi connectivity index (χ3v) is 3.24. The summed E-state index contributed by atoms with van der Waals surface area (Å²) in [5.74, 6) is 0. The molecular weight excluding hydrogens is 276 g/mol. The Morgan fingerprint density at radius 3 is 2.23 bits per heavy atom. The van der Waals surface area contributed by atoms with E-state index in [-0.39, 0.29) is 17.7 Å². The van der Waals surface area contributed by atoms with Crippen LogP contribution >= 0.6 is 0 Å². The molecule has 1 unspecified atom stereocenters. The first-order chi connectivity index (χ1) is 10.1. The van der Waals surface area contributed by atoms with E-state index in [9.17, 15) is 4.79 Å². The molecule has 124 valence electrons. The molecular formula is C18H30N2O2. The summed E-state index contributed by atoms with van der Waals surface area (Å²) >= 11 is 0. The summed E-state index contributed by atoms with van der Waals surface area (Å²) in [4.78, 5) is 11.9. The Morgan fingerprint density at radius 2 is 1.73 bits per heavy atom. The van der Waals surface area contributed by atoms with E-state index < -0.39 is 5.60 Å². The van der Waals surface area contributed by atoms with Gasteiger partial charge in [0.15, 0.2) is 0 Å². The number of carbonyl (C=O) groups is 1. The fourth-order valence-electron chi connectivity index (χ4n) is 2.19. The van der Waals surface area contributed by atoms with Crippen LogP contribution in [0.3, 0.4) is 0 Å². The summed E-state index contributed by atoms with van der Waals surface area (Å²) in [6, 6.07) is 10.6. The van der Waals surface area contributed by atoms with Gasteiger partial charge < -0.3 is 15.4 Å². The molecule has 0 bridgehead atoms. The number of alkyl carbamates (subject to hydrolysis) is 1. The second-order valence-electron chi connectivity index (χ2n) is 7.26. The Kier molecular flexibility index (Phi) is 6.42. The van der Waals surface area contributed by atoms with Gasteiger partial charge in [0.05, 0.1) is 5.54 Å². The molecule has 1 aromatic rings. The van der Waals surface area contributed by atoms with Gasteiger partial charge in [-0.1, -0.05) is 37.3 Å². The lowest BCUT2D eigenvalue weighted by Gasteiger charge is -2.30. The van der Waals surface area contributed by atoms with Crippen molar-refractivity contribution in [3.8, 4) is 0 Å². The standard InChI is InChI=1S/C18H30N2O2/c1-7-15(14-11-9-8-10-12-14)19-13-18(5,6)20-16(21)22-17(2,3)4/h8-12,15,19H,7,13H2,1-6H3,(H,20,21). The zero-order valence-corrected chi connectivity index (χ0v) is 14.7. The van der Waals surface area contributed by atoms with Gasteiger partial charge in [-0.05, 0) is 46.6 Å². The number of hydrogen-bond donors (Lipinski definition) is 2. The van der Waals surface area contributed by atoms with Crippen LogP contribution in [0.5, 0.6) is 0 Å². The summed E-state index contributed by atoms with van der Waals surface area (Å²) < 4.78 is 5.31. The summed E-state index contributed by atoms with van der Waals surface area (Å²) in [6.07, 6.45) is 0.610. The summed E-state index contributed by atoms with van der Waals surface area (Å²) in [5, 5.41) is 6.44. The van der Waals surface area contributed by atoms with Crippen molar-refractivity contribution in [3.05, 3.63) is 35.9 Å². The maximum atomic E-state index is 11.9. The maximum absolute atomic E-state index is 11.9. The molecule has 0 saturated carbocycles. The molecule has 0 aliphatic rings. The van der Waals surface area contributed by atoms with Gasteiger partial charge >= 0.3 is 6.09 Å². The van der Waals surface area contributed by atoms with Crippen LogP contribution in [0.25, 0.3) is 0 Å². The van der Waals surface area contributed by atoms with E-state index in [0.29, 0.717) is 6.54 Å². The minimum atomic E-state index is -0.483. The largest absolute Gasteiger partial charge is 0.444 e. The third-order valence-electron chi connectivity index (χ3n) is 3.24. The monoisotopic (exact) mass is 306 g/mol. The molecule has 0 radical (unpaired) electrons. The van der Waals surface area contributed by atoms with Gasteiger partial charge in [0.1, 0.15) is 5.60 Å². The Balaban J connectivity index is 2.55. The van der Waals surface area contributed by atoms with E-state index in [1.165, 1.54) is 5.56 Å². The Bertz CT molecular complexity index is 464. The van der Waals surface area contributed by atoms with Gasteiger partial charge in [-0.3, -0.25) is 0 Å². The lowest BCUT2D eigenvalue weighted by atomic mass is 10.0. The Morgan fingerprint density at radius 1 is 1.14 bits per heavy atom. The highest BCUT2D eigenvalue weighted by molar-refractivity contribution is 5.68. The molecule has 0 aromatic heterocycles. The summed E-state index contributed by atoms with van der Waals surface area (Å²) in [5.41, 5.74) is 0.395. The quantitative estimate of drug-likeness (QED) is 0.834. The van der Waals surface area contributed by atoms with Gasteiger partial charge in [0, 0.05) is 12.6 Å². The minimum absolute atomic E-state index is 0.279. The summed E-state index contributed by atoms with van der Waals surface area (Å²) in [6.45, 7) is 12.4. The van der Waals surface area contributed by atoms with E-state index in [0.717, 1.165) is 6.42 Å². The Labute approximate surface area is 134 Å². The van der Waals surface area contributed by atoms with Crippen molar-refractivity contribution in [1.29, 1.82) is 0 Å². The van der Waals surface area contributed by atoms with Crippen molar-refractivity contribution in [2.75, 3.05) is 6.54 Å². The third kappa shape index (κ3) is 6.94. The highest BCUT2D eigenvalue weighted by Crippen LogP contribution is 2.17. The van der Waals surface area contributed by atoms with Gasteiger partial charge in [-0.2, -0.15) is 0 Å². The van der Waals surface area contributed by atoms with Crippen LogP contribution in [-0.4, -0.2) is 23.8 Å². The van der Waals surface area contributed by atoms with Gasteiger partial charge in [0.25, 0.3) is 0 Å². The number of nitrogens with one attached hydrogen (secondary N) is 2. The van der Waals surface area contributed by atoms with Crippen molar-refractivity contribution < 1.29 is 9.53 Å². The molecule has 1 rings (SSSR count). The second kappa shape index (κ2) is 7.63. The number of benzene rings is 1. The molecule has 1 aromatic carbocycles. The van der Waals surface area contributed by atoms with Gasteiger partial charge in [0.2, 0.25) is 0 Å². The van der Waals surface area contributed by atoms with Crippen molar-refractivity contribution in [1.82, 2.24) is 10.6 Å². The lowest BCUT2D eigenvalue weighted by Crippen LogP contribution is -2.52. The highest BCUT2D eigenvalue weighted by Gasteiger charge is 2.25. The number of amides is 1. The first-order valence-corrected chi connectivity index (χ1v) is 7.92. The van der Waals surface area contributed by atoms with E-state index >= 15 is 0 Å². The molecule has 0 aliphatic heterocycles. The fraction of sp³-hybridized carbons (Fsp3) is 0.611. The highest BCUT2D eigenvalue weighted by atomic mass is 16.6. The van der Waals surface area contributed by atoms with E-state index in [1.54, 1.807) is 0 Å². The molecule has 0 spiro atoms. The van der Waals surface area contributed by atoms with Crippen molar-refractivity contribution in [2.24, 2.45) is 0 Å². The van der Waals surface area contributed by atoms with E-state index in [2.05, 4.69) is 29.7 Å². The average Bonchev–Trinajstić information content (AvgIpc) is 2.37. The first-order valence-electron chi connectivity index (χ1n) is 7.92. The molecule has 0 aliphatic carbocycles. The van der Waals surface area contributed by atoms with Crippen LogP contribution in [0, 0.1) is 0 Å². The SMILES string of the molecule is CCC(NCC(C)(C)NC(=O)OC(C)(C)C)c1ccccc1. The van der Waals surface area contributed by atoms with Crippen molar-refractivity contribution in [2.45, 2.75) is 65.1 Å². The van der Waals surface area contributed by atoms with Gasteiger partial charge in [-0.25, -0.2) is 4.79 Å². The van der Waals surface area contributed by atoms with Crippen LogP contribution in [0.4, 0.5) is 4.79 Å². The zero-order valence-electron chi connectivity index (χ0n) is 14.7. The number of ether oxygens (including phenoxy) is 1. The molecule has 4 heteroatoms. The van der Waals surface area contributed by atoms with Crippen LogP contribution in [0.15, 0.2) is 30.3 Å². The number of hydrogen-bond acceptors (Lipinski definition) is 3. The maximum Gasteiger partial charge on any atom is 0.408 e. The first kappa shape index (κ1) is 18.5. The average molecular weight is 306 g/mol. The lowest BCUT2D eigenvalue weighted by molar-refractivity contribution is 0.0470. The molecule has 0 saturated heterocycles.